The van der Waals surface area contributed by atoms with Gasteiger partial charge >= 0.3 is 0 Å². The van der Waals surface area contributed by atoms with Gasteiger partial charge in [0.2, 0.25) is 15.9 Å². The van der Waals surface area contributed by atoms with Gasteiger partial charge < -0.3 is 5.32 Å². The molecule has 1 N–H and O–H groups in total. The number of rotatable bonds is 5. The van der Waals surface area contributed by atoms with E-state index in [-0.39, 0.29) is 30.4 Å². The highest BCUT2D eigenvalue weighted by atomic mass is 35.5. The van der Waals surface area contributed by atoms with E-state index in [9.17, 15) is 22.0 Å². The Hall–Kier alpha value is -2.07. The number of anilines is 1. The molecule has 1 amide bonds. The first kappa shape index (κ1) is 21.6. The fourth-order valence-electron chi connectivity index (χ4n) is 3.05. The largest absolute Gasteiger partial charge is 0.325 e. The Balaban J connectivity index is 1.58. The molecule has 0 aromatic heterocycles. The lowest BCUT2D eigenvalue weighted by Crippen LogP contribution is -2.50. The SMILES string of the molecule is Cc1c(Cl)cccc1NC(=O)CN1CCN(S(=O)(=O)c2ccc(F)c(F)c2)CC1. The molecule has 0 spiro atoms. The molecule has 0 atom stereocenters. The number of nitrogens with zero attached hydrogens (tertiary/aromatic N) is 2. The van der Waals surface area contributed by atoms with E-state index in [2.05, 4.69) is 5.32 Å². The van der Waals surface area contributed by atoms with Crippen LogP contribution in [0.1, 0.15) is 5.56 Å². The Kier molecular flexibility index (Phi) is 6.52. The number of benzene rings is 2. The van der Waals surface area contributed by atoms with Gasteiger partial charge in [-0.3, -0.25) is 9.69 Å². The minimum absolute atomic E-state index is 0.102. The second kappa shape index (κ2) is 8.74. The van der Waals surface area contributed by atoms with E-state index in [4.69, 9.17) is 11.6 Å². The average Bonchev–Trinajstić information content (AvgIpc) is 2.68. The minimum atomic E-state index is -3.93. The fourth-order valence-corrected chi connectivity index (χ4v) is 4.66. The maximum absolute atomic E-state index is 13.4. The molecule has 2 aromatic carbocycles. The maximum atomic E-state index is 13.4. The first-order valence-electron chi connectivity index (χ1n) is 8.91. The van der Waals surface area contributed by atoms with Crippen molar-refractivity contribution in [2.75, 3.05) is 38.0 Å². The van der Waals surface area contributed by atoms with Crippen LogP contribution in [0.2, 0.25) is 5.02 Å². The predicted molar refractivity (Wildman–Crippen MR) is 106 cm³/mol. The molecule has 1 aliphatic rings. The van der Waals surface area contributed by atoms with Crippen LogP contribution in [0.3, 0.4) is 0 Å². The van der Waals surface area contributed by atoms with Crippen molar-refractivity contribution in [3.05, 3.63) is 58.6 Å². The molecule has 0 saturated carbocycles. The van der Waals surface area contributed by atoms with Gasteiger partial charge in [-0.15, -0.1) is 0 Å². The van der Waals surface area contributed by atoms with E-state index in [0.29, 0.717) is 29.9 Å². The summed E-state index contributed by atoms with van der Waals surface area (Å²) in [6, 6.07) is 7.75. The summed E-state index contributed by atoms with van der Waals surface area (Å²) in [5, 5.41) is 3.36. The zero-order valence-electron chi connectivity index (χ0n) is 15.7. The number of hydrogen-bond acceptors (Lipinski definition) is 4. The van der Waals surface area contributed by atoms with Gasteiger partial charge in [0.05, 0.1) is 11.4 Å². The lowest BCUT2D eigenvalue weighted by Gasteiger charge is -2.33. The molecule has 0 aliphatic carbocycles. The summed E-state index contributed by atoms with van der Waals surface area (Å²) in [7, 11) is -3.93. The van der Waals surface area contributed by atoms with E-state index in [1.807, 2.05) is 4.90 Å². The van der Waals surface area contributed by atoms with Crippen LogP contribution in [0.15, 0.2) is 41.3 Å². The van der Waals surface area contributed by atoms with Crippen molar-refractivity contribution < 1.29 is 22.0 Å². The molecule has 3 rings (SSSR count). The topological polar surface area (TPSA) is 69.7 Å². The van der Waals surface area contributed by atoms with Crippen molar-refractivity contribution in [1.29, 1.82) is 0 Å². The molecular weight excluding hydrogens is 424 g/mol. The van der Waals surface area contributed by atoms with E-state index in [1.54, 1.807) is 25.1 Å². The second-order valence-electron chi connectivity index (χ2n) is 6.72. The number of carbonyl (C=O) groups excluding carboxylic acids is 1. The van der Waals surface area contributed by atoms with Crippen LogP contribution in [-0.4, -0.2) is 56.3 Å². The van der Waals surface area contributed by atoms with Crippen LogP contribution in [0.4, 0.5) is 14.5 Å². The average molecular weight is 444 g/mol. The summed E-state index contributed by atoms with van der Waals surface area (Å²) in [5.41, 5.74) is 1.40. The van der Waals surface area contributed by atoms with Crippen LogP contribution in [-0.2, 0) is 14.8 Å². The Labute approximate surface area is 173 Å². The van der Waals surface area contributed by atoms with Crippen LogP contribution >= 0.6 is 11.6 Å². The van der Waals surface area contributed by atoms with E-state index in [0.717, 1.165) is 17.7 Å². The van der Waals surface area contributed by atoms with Gasteiger partial charge in [0.15, 0.2) is 11.6 Å². The first-order chi connectivity index (χ1) is 13.7. The van der Waals surface area contributed by atoms with Gasteiger partial charge in [-0.25, -0.2) is 17.2 Å². The smallest absolute Gasteiger partial charge is 0.243 e. The van der Waals surface area contributed by atoms with Crippen molar-refractivity contribution in [2.24, 2.45) is 0 Å². The monoisotopic (exact) mass is 443 g/mol. The molecule has 0 bridgehead atoms. The molecule has 0 unspecified atom stereocenters. The lowest BCUT2D eigenvalue weighted by atomic mass is 10.2. The Morgan fingerprint density at radius 2 is 1.79 bits per heavy atom. The van der Waals surface area contributed by atoms with Crippen molar-refractivity contribution in [3.8, 4) is 0 Å². The summed E-state index contributed by atoms with van der Waals surface area (Å²) in [6.07, 6.45) is 0. The molecule has 29 heavy (non-hydrogen) atoms. The summed E-state index contributed by atoms with van der Waals surface area (Å²) in [5.74, 6) is -2.54. The minimum Gasteiger partial charge on any atom is -0.325 e. The Morgan fingerprint density at radius 3 is 2.45 bits per heavy atom. The number of piperazine rings is 1. The van der Waals surface area contributed by atoms with Gasteiger partial charge in [-0.05, 0) is 42.8 Å². The standard InChI is InChI=1S/C19H20ClF2N3O3S/c1-13-15(20)3-2-4-18(13)23-19(26)12-24-7-9-25(10-8-24)29(27,28)14-5-6-16(21)17(22)11-14/h2-6,11H,7-10,12H2,1H3,(H,23,26). The Bertz CT molecular complexity index is 1030. The van der Waals surface area contributed by atoms with Crippen molar-refractivity contribution in [3.63, 3.8) is 0 Å². The molecule has 1 aliphatic heterocycles. The van der Waals surface area contributed by atoms with Crippen molar-refractivity contribution >= 4 is 33.2 Å². The maximum Gasteiger partial charge on any atom is 0.243 e. The zero-order chi connectivity index (χ0) is 21.2. The highest BCUT2D eigenvalue weighted by Crippen LogP contribution is 2.23. The normalized spacial score (nSPS) is 16.0. The number of hydrogen-bond donors (Lipinski definition) is 1. The van der Waals surface area contributed by atoms with Crippen LogP contribution in [0, 0.1) is 18.6 Å². The molecular formula is C19H20ClF2N3O3S. The van der Waals surface area contributed by atoms with Crippen LogP contribution < -0.4 is 5.32 Å². The highest BCUT2D eigenvalue weighted by molar-refractivity contribution is 7.89. The number of halogens is 3. The molecule has 156 valence electrons. The molecule has 1 heterocycles. The highest BCUT2D eigenvalue weighted by Gasteiger charge is 2.29. The third-order valence-electron chi connectivity index (χ3n) is 4.77. The molecule has 6 nitrogen and oxygen atoms in total. The number of carbonyl (C=O) groups is 1. The molecule has 1 saturated heterocycles. The third kappa shape index (κ3) is 4.92. The van der Waals surface area contributed by atoms with Gasteiger partial charge in [-0.2, -0.15) is 4.31 Å². The first-order valence-corrected chi connectivity index (χ1v) is 10.7. The number of amides is 1. The summed E-state index contributed by atoms with van der Waals surface area (Å²) in [6.45, 7) is 2.87. The molecule has 10 heteroatoms. The second-order valence-corrected chi connectivity index (χ2v) is 9.06. The number of nitrogens with one attached hydrogen (secondary N) is 1. The van der Waals surface area contributed by atoms with Gasteiger partial charge in [0.1, 0.15) is 0 Å². The zero-order valence-corrected chi connectivity index (χ0v) is 17.2. The fraction of sp³-hybridized carbons (Fsp3) is 0.316. The van der Waals surface area contributed by atoms with E-state index >= 15 is 0 Å². The van der Waals surface area contributed by atoms with Gasteiger partial charge in [-0.1, -0.05) is 17.7 Å². The Morgan fingerprint density at radius 1 is 1.10 bits per heavy atom. The van der Waals surface area contributed by atoms with Gasteiger partial charge in [0.25, 0.3) is 0 Å². The lowest BCUT2D eigenvalue weighted by molar-refractivity contribution is -0.117. The van der Waals surface area contributed by atoms with Crippen LogP contribution in [0.5, 0.6) is 0 Å². The van der Waals surface area contributed by atoms with Crippen LogP contribution in [0.25, 0.3) is 0 Å². The third-order valence-corrected chi connectivity index (χ3v) is 7.07. The predicted octanol–water partition coefficient (Wildman–Crippen LogP) is 2.87. The summed E-state index contributed by atoms with van der Waals surface area (Å²) < 4.78 is 52.9. The van der Waals surface area contributed by atoms with Crippen molar-refractivity contribution in [2.45, 2.75) is 11.8 Å². The van der Waals surface area contributed by atoms with Crippen molar-refractivity contribution in [1.82, 2.24) is 9.21 Å². The molecule has 1 fully saturated rings. The molecule has 2 aromatic rings. The van der Waals surface area contributed by atoms with E-state index in [1.165, 1.54) is 4.31 Å². The summed E-state index contributed by atoms with van der Waals surface area (Å²) >= 11 is 6.05. The quantitative estimate of drug-likeness (QED) is 0.771. The summed E-state index contributed by atoms with van der Waals surface area (Å²) in [4.78, 5) is 13.8. The van der Waals surface area contributed by atoms with E-state index < -0.39 is 21.7 Å². The molecule has 0 radical (unpaired) electrons. The van der Waals surface area contributed by atoms with Gasteiger partial charge in [0, 0.05) is 36.9 Å². The number of sulfonamides is 1.